The van der Waals surface area contributed by atoms with Gasteiger partial charge in [-0.3, -0.25) is 9.80 Å². The number of amides is 1. The zero-order chi connectivity index (χ0) is 23.3. The Morgan fingerprint density at radius 2 is 2.12 bits per heavy atom. The van der Waals surface area contributed by atoms with Gasteiger partial charge in [0.05, 0.1) is 53.1 Å². The number of nitrogens with zero attached hydrogens (tertiary/aromatic N) is 5. The van der Waals surface area contributed by atoms with E-state index in [1.54, 1.807) is 9.42 Å². The third kappa shape index (κ3) is 3.75. The van der Waals surface area contributed by atoms with Crippen molar-refractivity contribution >= 4 is 23.2 Å². The predicted molar refractivity (Wildman–Crippen MR) is 120 cm³/mol. The van der Waals surface area contributed by atoms with Crippen LogP contribution in [0.15, 0.2) is 30.1 Å². The molecule has 5 rings (SSSR count). The number of halogens is 2. The lowest BCUT2D eigenvalue weighted by Gasteiger charge is -2.19. The largest absolute Gasteiger partial charge is 0.492 e. The van der Waals surface area contributed by atoms with Crippen LogP contribution in [0, 0.1) is 19.7 Å². The molecule has 2 aliphatic heterocycles. The second kappa shape index (κ2) is 8.20. The molecular formula is C22H23ClFN7O2. The predicted octanol–water partition coefficient (Wildman–Crippen LogP) is 2.86. The van der Waals surface area contributed by atoms with E-state index in [2.05, 4.69) is 21.0 Å². The maximum absolute atomic E-state index is 13.9. The van der Waals surface area contributed by atoms with Gasteiger partial charge in [0.15, 0.2) is 5.65 Å². The SMILES string of the molecule is Cc1nc2c3c(nn2c(C)c1Cl)CN(C(=O)c1ccc(F)cc1OCCC1=CNNN1C)C3. The maximum atomic E-state index is 13.9. The van der Waals surface area contributed by atoms with Gasteiger partial charge in [-0.25, -0.2) is 13.9 Å². The van der Waals surface area contributed by atoms with Crippen LogP contribution in [0.2, 0.25) is 5.02 Å². The van der Waals surface area contributed by atoms with Crippen LogP contribution in [0.5, 0.6) is 5.75 Å². The average Bonchev–Trinajstić information content (AvgIpc) is 3.47. The molecule has 2 N–H and O–H groups in total. The van der Waals surface area contributed by atoms with Crippen molar-refractivity contribution in [3.63, 3.8) is 0 Å². The van der Waals surface area contributed by atoms with E-state index < -0.39 is 5.82 Å². The summed E-state index contributed by atoms with van der Waals surface area (Å²) < 4.78 is 21.5. The number of ether oxygens (including phenoxy) is 1. The number of carbonyl (C=O) groups excluding carboxylic acids is 1. The molecule has 11 heteroatoms. The molecule has 0 aliphatic carbocycles. The third-order valence-electron chi connectivity index (χ3n) is 5.93. The Labute approximate surface area is 194 Å². The van der Waals surface area contributed by atoms with E-state index in [1.165, 1.54) is 18.2 Å². The fraction of sp³-hybridized carbons (Fsp3) is 0.318. The highest BCUT2D eigenvalue weighted by Gasteiger charge is 2.31. The molecule has 1 aromatic carbocycles. The zero-order valence-electron chi connectivity index (χ0n) is 18.4. The van der Waals surface area contributed by atoms with E-state index in [-0.39, 0.29) is 11.7 Å². The monoisotopic (exact) mass is 471 g/mol. The Morgan fingerprint density at radius 1 is 1.30 bits per heavy atom. The lowest BCUT2D eigenvalue weighted by atomic mass is 10.1. The van der Waals surface area contributed by atoms with Gasteiger partial charge in [-0.05, 0) is 26.0 Å². The molecule has 9 nitrogen and oxygen atoms in total. The van der Waals surface area contributed by atoms with Gasteiger partial charge < -0.3 is 15.1 Å². The highest BCUT2D eigenvalue weighted by molar-refractivity contribution is 6.31. The molecule has 1 amide bonds. The summed E-state index contributed by atoms with van der Waals surface area (Å²) in [5, 5.41) is 7.02. The molecule has 33 heavy (non-hydrogen) atoms. The first kappa shape index (κ1) is 21.5. The average molecular weight is 472 g/mol. The van der Waals surface area contributed by atoms with Crippen LogP contribution in [-0.4, -0.2) is 44.1 Å². The quantitative estimate of drug-likeness (QED) is 0.591. The molecule has 2 aliphatic rings. The minimum Gasteiger partial charge on any atom is -0.492 e. The van der Waals surface area contributed by atoms with E-state index in [9.17, 15) is 9.18 Å². The van der Waals surface area contributed by atoms with Crippen molar-refractivity contribution in [2.75, 3.05) is 13.7 Å². The van der Waals surface area contributed by atoms with Crippen molar-refractivity contribution in [3.05, 3.63) is 69.1 Å². The molecule has 0 unspecified atom stereocenters. The van der Waals surface area contributed by atoms with Crippen LogP contribution in [0.1, 0.15) is 39.4 Å². The number of carbonyl (C=O) groups is 1. The summed E-state index contributed by atoms with van der Waals surface area (Å²) in [5.74, 6) is -0.488. The molecule has 0 saturated heterocycles. The fourth-order valence-electron chi connectivity index (χ4n) is 4.11. The Hall–Kier alpha value is -3.37. The highest BCUT2D eigenvalue weighted by atomic mass is 35.5. The summed E-state index contributed by atoms with van der Waals surface area (Å²) in [6.45, 7) is 4.72. The lowest BCUT2D eigenvalue weighted by molar-refractivity contribution is 0.0745. The first-order valence-electron chi connectivity index (χ1n) is 10.5. The van der Waals surface area contributed by atoms with Gasteiger partial charge in [0.1, 0.15) is 11.6 Å². The van der Waals surface area contributed by atoms with Gasteiger partial charge in [-0.2, -0.15) is 5.10 Å². The van der Waals surface area contributed by atoms with Crippen LogP contribution in [0.3, 0.4) is 0 Å². The Bertz CT molecular complexity index is 1310. The minimum absolute atomic E-state index is 0.220. The van der Waals surface area contributed by atoms with Gasteiger partial charge in [-0.1, -0.05) is 11.6 Å². The first-order chi connectivity index (χ1) is 15.8. The highest BCUT2D eigenvalue weighted by Crippen LogP contribution is 2.31. The fourth-order valence-corrected chi connectivity index (χ4v) is 4.23. The molecular weight excluding hydrogens is 449 g/mol. The third-order valence-corrected chi connectivity index (χ3v) is 6.48. The van der Waals surface area contributed by atoms with Crippen LogP contribution < -0.4 is 15.7 Å². The van der Waals surface area contributed by atoms with Crippen molar-refractivity contribution in [2.45, 2.75) is 33.4 Å². The molecule has 172 valence electrons. The van der Waals surface area contributed by atoms with Crippen molar-refractivity contribution in [2.24, 2.45) is 0 Å². The molecule has 0 radical (unpaired) electrons. The Balaban J connectivity index is 1.36. The van der Waals surface area contributed by atoms with E-state index in [1.807, 2.05) is 32.1 Å². The van der Waals surface area contributed by atoms with Crippen LogP contribution in [0.25, 0.3) is 5.65 Å². The smallest absolute Gasteiger partial charge is 0.258 e. The van der Waals surface area contributed by atoms with Crippen LogP contribution >= 0.6 is 11.6 Å². The number of nitrogens with one attached hydrogen (secondary N) is 2. The zero-order valence-corrected chi connectivity index (χ0v) is 19.2. The molecule has 0 atom stereocenters. The Kier molecular flexibility index (Phi) is 5.34. The number of benzene rings is 1. The van der Waals surface area contributed by atoms with Gasteiger partial charge in [0, 0.05) is 31.3 Å². The topological polar surface area (TPSA) is 87.0 Å². The summed E-state index contributed by atoms with van der Waals surface area (Å²) >= 11 is 6.31. The number of rotatable bonds is 5. The summed E-state index contributed by atoms with van der Waals surface area (Å²) in [6.07, 6.45) is 2.41. The van der Waals surface area contributed by atoms with Crippen LogP contribution in [-0.2, 0) is 13.1 Å². The summed E-state index contributed by atoms with van der Waals surface area (Å²) in [5.41, 5.74) is 11.0. The number of hydrazine groups is 2. The standard InChI is InChI=1S/C22H23ClFN7O2/c1-12-20(23)13(2)31-21(26-12)17-10-30(11-18(17)27-31)22(32)16-5-4-14(24)8-19(16)33-7-6-15-9-25-28-29(15)3/h4-5,8-9,25,28H,6-7,10-11H2,1-3H3. The summed E-state index contributed by atoms with van der Waals surface area (Å²) in [6, 6.07) is 3.98. The number of fused-ring (bicyclic) bond motifs is 3. The van der Waals surface area contributed by atoms with Gasteiger partial charge in [-0.15, -0.1) is 5.53 Å². The summed E-state index contributed by atoms with van der Waals surface area (Å²) in [4.78, 5) is 19.6. The first-order valence-corrected chi connectivity index (χ1v) is 10.9. The lowest BCUT2D eigenvalue weighted by Crippen LogP contribution is -2.34. The van der Waals surface area contributed by atoms with Crippen LogP contribution in [0.4, 0.5) is 4.39 Å². The van der Waals surface area contributed by atoms with Crippen molar-refractivity contribution in [3.8, 4) is 5.75 Å². The summed E-state index contributed by atoms with van der Waals surface area (Å²) in [7, 11) is 1.87. The molecule has 4 heterocycles. The molecule has 3 aromatic rings. The van der Waals surface area contributed by atoms with E-state index in [0.29, 0.717) is 42.4 Å². The molecule has 0 fully saturated rings. The van der Waals surface area contributed by atoms with Gasteiger partial charge in [0.25, 0.3) is 5.91 Å². The molecule has 0 spiro atoms. The van der Waals surface area contributed by atoms with E-state index in [4.69, 9.17) is 16.3 Å². The van der Waals surface area contributed by atoms with E-state index in [0.717, 1.165) is 28.3 Å². The number of hydrogen-bond donors (Lipinski definition) is 2. The van der Waals surface area contributed by atoms with E-state index >= 15 is 0 Å². The number of hydrogen-bond acceptors (Lipinski definition) is 7. The van der Waals surface area contributed by atoms with Crippen molar-refractivity contribution < 1.29 is 13.9 Å². The van der Waals surface area contributed by atoms with Gasteiger partial charge in [0.2, 0.25) is 0 Å². The number of aryl methyl sites for hydroxylation is 2. The molecule has 0 saturated carbocycles. The normalized spacial score (nSPS) is 15.1. The number of aromatic nitrogens is 3. The molecule has 2 aromatic heterocycles. The minimum atomic E-state index is -0.462. The molecule has 0 bridgehead atoms. The second-order valence-electron chi connectivity index (χ2n) is 8.11. The van der Waals surface area contributed by atoms with Crippen molar-refractivity contribution in [1.82, 2.24) is 35.5 Å². The van der Waals surface area contributed by atoms with Gasteiger partial charge >= 0.3 is 0 Å². The Morgan fingerprint density at radius 3 is 2.88 bits per heavy atom. The van der Waals surface area contributed by atoms with Crippen molar-refractivity contribution in [1.29, 1.82) is 0 Å². The second-order valence-corrected chi connectivity index (χ2v) is 8.49. The maximum Gasteiger partial charge on any atom is 0.258 e.